The van der Waals surface area contributed by atoms with Crippen molar-refractivity contribution in [2.75, 3.05) is 26.4 Å². The zero-order valence-corrected chi connectivity index (χ0v) is 33.0. The van der Waals surface area contributed by atoms with Gasteiger partial charge >= 0.3 is 13.8 Å². The van der Waals surface area contributed by atoms with Gasteiger partial charge in [-0.05, 0) is 44.9 Å². The second-order valence-corrected chi connectivity index (χ2v) is 15.1. The third-order valence-corrected chi connectivity index (χ3v) is 9.62. The van der Waals surface area contributed by atoms with Crippen LogP contribution in [0.4, 0.5) is 0 Å². The minimum atomic E-state index is -4.40. The maximum absolute atomic E-state index is 12.0. The number of unbranched alkanes of at least 4 members (excludes halogenated alkanes) is 21. The predicted molar refractivity (Wildman–Crippen MR) is 206 cm³/mol. The highest BCUT2D eigenvalue weighted by atomic mass is 31.2. The van der Waals surface area contributed by atoms with Crippen LogP contribution in [0.1, 0.15) is 187 Å². The maximum Gasteiger partial charge on any atom is 0.472 e. The van der Waals surface area contributed by atoms with E-state index in [1.165, 1.54) is 116 Å². The molecular formula is C40H76NO8P. The number of allylic oxidation sites excluding steroid dienone is 4. The monoisotopic (exact) mass is 730 g/mol. The molecule has 0 aliphatic heterocycles. The quantitative estimate of drug-likeness (QED) is 0.0248. The molecule has 0 saturated carbocycles. The Morgan fingerprint density at radius 2 is 1.08 bits per heavy atom. The lowest BCUT2D eigenvalue weighted by Gasteiger charge is -2.15. The molecule has 50 heavy (non-hydrogen) atoms. The third-order valence-electron chi connectivity index (χ3n) is 8.63. The van der Waals surface area contributed by atoms with Crippen LogP contribution in [-0.2, 0) is 27.9 Å². The van der Waals surface area contributed by atoms with E-state index in [4.69, 9.17) is 13.8 Å². The van der Waals surface area contributed by atoms with Crippen molar-refractivity contribution in [2.24, 2.45) is 0 Å². The van der Waals surface area contributed by atoms with Gasteiger partial charge < -0.3 is 20.1 Å². The van der Waals surface area contributed by atoms with E-state index in [0.29, 0.717) is 6.42 Å². The van der Waals surface area contributed by atoms with Gasteiger partial charge in [0.15, 0.2) is 0 Å². The van der Waals surface area contributed by atoms with Crippen molar-refractivity contribution >= 4 is 19.7 Å². The lowest BCUT2D eigenvalue weighted by molar-refractivity contribution is -0.147. The van der Waals surface area contributed by atoms with Crippen molar-refractivity contribution in [1.82, 2.24) is 5.32 Å². The van der Waals surface area contributed by atoms with E-state index in [0.717, 1.165) is 44.9 Å². The Morgan fingerprint density at radius 1 is 0.620 bits per heavy atom. The lowest BCUT2D eigenvalue weighted by atomic mass is 10.0. The summed E-state index contributed by atoms with van der Waals surface area (Å²) in [4.78, 5) is 33.7. The Balaban J connectivity index is 3.57. The predicted octanol–water partition coefficient (Wildman–Crippen LogP) is 10.8. The molecule has 0 radical (unpaired) electrons. The van der Waals surface area contributed by atoms with Gasteiger partial charge in [-0.15, -0.1) is 0 Å². The molecule has 2 atom stereocenters. The number of hydrogen-bond donors (Lipinski definition) is 3. The first kappa shape index (κ1) is 48.5. The maximum atomic E-state index is 12.0. The van der Waals surface area contributed by atoms with Crippen LogP contribution in [0, 0.1) is 0 Å². The van der Waals surface area contributed by atoms with Crippen LogP contribution in [-0.4, -0.2) is 54.3 Å². The van der Waals surface area contributed by atoms with Gasteiger partial charge in [0.1, 0.15) is 12.7 Å². The first-order chi connectivity index (χ1) is 24.3. The number of amides is 1. The Kier molecular flexibility index (Phi) is 36.1. The summed E-state index contributed by atoms with van der Waals surface area (Å²) in [5.41, 5.74) is 0. The smallest absolute Gasteiger partial charge is 0.463 e. The molecule has 0 heterocycles. The molecule has 0 saturated heterocycles. The normalized spacial score (nSPS) is 13.6. The van der Waals surface area contributed by atoms with E-state index in [9.17, 15) is 24.2 Å². The molecule has 0 aromatic heterocycles. The fourth-order valence-corrected chi connectivity index (χ4v) is 6.28. The van der Waals surface area contributed by atoms with Crippen LogP contribution in [0.25, 0.3) is 0 Å². The SMILES string of the molecule is CCCCC/C=C\C/C=C\CCCCCCCCCCCCCC(=O)OCC(O)COP(=O)(O)OCCNC(=O)CCCCCCCCCC. The second-order valence-electron chi connectivity index (χ2n) is 13.6. The minimum Gasteiger partial charge on any atom is -0.463 e. The summed E-state index contributed by atoms with van der Waals surface area (Å²) in [5, 5.41) is 12.6. The topological polar surface area (TPSA) is 131 Å². The van der Waals surface area contributed by atoms with E-state index < -0.39 is 26.5 Å². The molecule has 294 valence electrons. The van der Waals surface area contributed by atoms with E-state index in [1.807, 2.05) is 0 Å². The Morgan fingerprint density at radius 3 is 1.64 bits per heavy atom. The van der Waals surface area contributed by atoms with Gasteiger partial charge in [-0.1, -0.05) is 154 Å². The van der Waals surface area contributed by atoms with Gasteiger partial charge in [-0.3, -0.25) is 18.6 Å². The number of nitrogens with one attached hydrogen (secondary N) is 1. The van der Waals surface area contributed by atoms with E-state index in [2.05, 4.69) is 43.5 Å². The number of aliphatic hydroxyl groups is 1. The van der Waals surface area contributed by atoms with Crippen molar-refractivity contribution < 1.29 is 37.9 Å². The minimum absolute atomic E-state index is 0.0838. The number of carbonyl (C=O) groups excluding carboxylic acids is 2. The van der Waals surface area contributed by atoms with Crippen LogP contribution < -0.4 is 5.32 Å². The summed E-state index contributed by atoms with van der Waals surface area (Å²) in [6, 6.07) is 0. The van der Waals surface area contributed by atoms with Gasteiger partial charge in [-0.2, -0.15) is 0 Å². The molecule has 0 rings (SSSR count). The van der Waals surface area contributed by atoms with Gasteiger partial charge in [0, 0.05) is 19.4 Å². The van der Waals surface area contributed by atoms with Crippen LogP contribution in [0.2, 0.25) is 0 Å². The highest BCUT2D eigenvalue weighted by Crippen LogP contribution is 2.42. The Hall–Kier alpha value is -1.51. The summed E-state index contributed by atoms with van der Waals surface area (Å²) < 4.78 is 26.7. The number of ether oxygens (including phenoxy) is 1. The van der Waals surface area contributed by atoms with Crippen molar-refractivity contribution in [1.29, 1.82) is 0 Å². The number of phosphoric acid groups is 1. The van der Waals surface area contributed by atoms with Crippen LogP contribution in [0.5, 0.6) is 0 Å². The number of hydrogen-bond acceptors (Lipinski definition) is 7. The van der Waals surface area contributed by atoms with Gasteiger partial charge in [-0.25, -0.2) is 4.57 Å². The first-order valence-corrected chi connectivity index (χ1v) is 21.8. The standard InChI is InChI=1S/C40H76NO8P/c1-3-5-7-9-11-13-14-15-16-17-18-19-20-21-22-23-24-25-27-29-31-33-40(44)47-36-38(42)37-49-50(45,46)48-35-34-41-39(43)32-30-28-26-12-10-8-6-4-2/h11,13,15-16,38,42H,3-10,12,14,17-37H2,1-2H3,(H,41,43)(H,45,46)/b13-11-,16-15-. The highest BCUT2D eigenvalue weighted by molar-refractivity contribution is 7.47. The van der Waals surface area contributed by atoms with Gasteiger partial charge in [0.25, 0.3) is 0 Å². The third kappa shape index (κ3) is 37.7. The molecule has 1 amide bonds. The first-order valence-electron chi connectivity index (χ1n) is 20.3. The van der Waals surface area contributed by atoms with Crippen molar-refractivity contribution in [3.05, 3.63) is 24.3 Å². The molecule has 0 aliphatic carbocycles. The van der Waals surface area contributed by atoms with Gasteiger partial charge in [0.2, 0.25) is 5.91 Å². The fraction of sp³-hybridized carbons (Fsp3) is 0.850. The van der Waals surface area contributed by atoms with E-state index in [-0.39, 0.29) is 32.1 Å². The average molecular weight is 730 g/mol. The molecule has 9 nitrogen and oxygen atoms in total. The lowest BCUT2D eigenvalue weighted by Crippen LogP contribution is -2.27. The average Bonchev–Trinajstić information content (AvgIpc) is 3.10. The molecular weight excluding hydrogens is 653 g/mol. The van der Waals surface area contributed by atoms with Gasteiger partial charge in [0.05, 0.1) is 13.2 Å². The molecule has 3 N–H and O–H groups in total. The summed E-state index contributed by atoms with van der Waals surface area (Å²) in [6.07, 6.45) is 38.3. The highest BCUT2D eigenvalue weighted by Gasteiger charge is 2.23. The molecule has 2 unspecified atom stereocenters. The zero-order chi connectivity index (χ0) is 36.8. The second kappa shape index (κ2) is 37.3. The summed E-state index contributed by atoms with van der Waals surface area (Å²) in [5.74, 6) is -0.520. The Bertz CT molecular complexity index is 881. The number of phosphoric ester groups is 1. The van der Waals surface area contributed by atoms with Crippen molar-refractivity contribution in [3.63, 3.8) is 0 Å². The summed E-state index contributed by atoms with van der Waals surface area (Å²) in [7, 11) is -4.40. The number of rotatable bonds is 38. The Labute approximate surface area is 306 Å². The zero-order valence-electron chi connectivity index (χ0n) is 32.1. The number of esters is 1. The molecule has 0 spiro atoms. The molecule has 0 aliphatic rings. The number of carbonyl (C=O) groups is 2. The molecule has 0 bridgehead atoms. The van der Waals surface area contributed by atoms with E-state index >= 15 is 0 Å². The molecule has 0 fully saturated rings. The van der Waals surface area contributed by atoms with E-state index in [1.54, 1.807) is 0 Å². The van der Waals surface area contributed by atoms with Crippen LogP contribution in [0.3, 0.4) is 0 Å². The number of aliphatic hydroxyl groups excluding tert-OH is 1. The fourth-order valence-electron chi connectivity index (χ4n) is 5.53. The van der Waals surface area contributed by atoms with Crippen LogP contribution >= 0.6 is 7.82 Å². The van der Waals surface area contributed by atoms with Crippen molar-refractivity contribution in [2.45, 2.75) is 193 Å². The molecule has 0 aromatic carbocycles. The molecule has 10 heteroatoms. The summed E-state index contributed by atoms with van der Waals surface area (Å²) >= 11 is 0. The largest absolute Gasteiger partial charge is 0.472 e. The van der Waals surface area contributed by atoms with Crippen LogP contribution in [0.15, 0.2) is 24.3 Å². The van der Waals surface area contributed by atoms with Crippen molar-refractivity contribution in [3.8, 4) is 0 Å². The molecule has 0 aromatic rings. The summed E-state index contributed by atoms with van der Waals surface area (Å²) in [6.45, 7) is 3.50.